The highest BCUT2D eigenvalue weighted by atomic mass is 19.4. The zero-order valence-corrected chi connectivity index (χ0v) is 23.3. The normalized spacial score (nSPS) is 14.2. The molecule has 0 unspecified atom stereocenters. The van der Waals surface area contributed by atoms with Crippen molar-refractivity contribution >= 4 is 0 Å². The van der Waals surface area contributed by atoms with E-state index in [2.05, 4.69) is 0 Å². The molecule has 0 amide bonds. The maximum atomic E-state index is 16.0. The molecule has 0 N–H and O–H groups in total. The minimum absolute atomic E-state index is 0.106. The molecule has 1 saturated heterocycles. The van der Waals surface area contributed by atoms with Gasteiger partial charge in [0.2, 0.25) is 0 Å². The summed E-state index contributed by atoms with van der Waals surface area (Å²) >= 11 is 0. The Labute approximate surface area is 243 Å². The molecule has 4 aromatic rings. The van der Waals surface area contributed by atoms with E-state index in [0.717, 1.165) is 32.9 Å². The average molecular weight is 601 g/mol. The molecule has 0 atom stereocenters. The van der Waals surface area contributed by atoms with E-state index < -0.39 is 46.7 Å². The summed E-state index contributed by atoms with van der Waals surface area (Å²) in [5, 5.41) is 0. The maximum Gasteiger partial charge on any atom is 0.416 e. The van der Waals surface area contributed by atoms with Crippen molar-refractivity contribution in [1.29, 1.82) is 0 Å². The van der Waals surface area contributed by atoms with Crippen LogP contribution in [0.3, 0.4) is 0 Å². The fraction of sp³-hybridized carbons (Fsp3) is 0.312. The Hall–Kier alpha value is -4.25. The van der Waals surface area contributed by atoms with Crippen LogP contribution >= 0.6 is 0 Å². The highest BCUT2D eigenvalue weighted by Gasteiger charge is 2.35. The summed E-state index contributed by atoms with van der Waals surface area (Å²) in [6.07, 6.45) is -3.88. The van der Waals surface area contributed by atoms with Crippen LogP contribution in [-0.2, 0) is 30.4 Å². The number of ether oxygens (including phenoxy) is 2. The molecular formula is C32H29F5N2O4. The third-order valence-corrected chi connectivity index (χ3v) is 7.59. The predicted molar refractivity (Wildman–Crippen MR) is 150 cm³/mol. The molecule has 1 aromatic heterocycles. The molecule has 1 fully saturated rings. The van der Waals surface area contributed by atoms with E-state index in [1.54, 1.807) is 30.3 Å². The Morgan fingerprint density at radius 3 is 2.30 bits per heavy atom. The van der Waals surface area contributed by atoms with Gasteiger partial charge in [-0.3, -0.25) is 13.9 Å². The summed E-state index contributed by atoms with van der Waals surface area (Å²) in [5.41, 5.74) is -3.49. The molecule has 0 bridgehead atoms. The van der Waals surface area contributed by atoms with Gasteiger partial charge in [0.1, 0.15) is 11.9 Å². The topological polar surface area (TPSA) is 62.5 Å². The van der Waals surface area contributed by atoms with Gasteiger partial charge in [0.25, 0.3) is 5.56 Å². The molecule has 2 heterocycles. The van der Waals surface area contributed by atoms with Gasteiger partial charge in [-0.05, 0) is 37.1 Å². The first kappa shape index (κ1) is 30.2. The van der Waals surface area contributed by atoms with Gasteiger partial charge in [-0.2, -0.15) is 13.2 Å². The first-order valence-corrected chi connectivity index (χ1v) is 13.8. The van der Waals surface area contributed by atoms with Gasteiger partial charge in [-0.1, -0.05) is 48.5 Å². The van der Waals surface area contributed by atoms with Gasteiger partial charge in [-0.25, -0.2) is 13.6 Å². The number of hydrogen-bond acceptors (Lipinski definition) is 4. The minimum atomic E-state index is -4.90. The summed E-state index contributed by atoms with van der Waals surface area (Å²) in [5.74, 6) is -2.12. The molecular weight excluding hydrogens is 571 g/mol. The lowest BCUT2D eigenvalue weighted by Crippen LogP contribution is -2.43. The van der Waals surface area contributed by atoms with Crippen molar-refractivity contribution in [2.75, 3.05) is 13.2 Å². The molecule has 0 saturated carbocycles. The van der Waals surface area contributed by atoms with Crippen LogP contribution in [0, 0.1) is 18.6 Å². The molecule has 1 aliphatic rings. The van der Waals surface area contributed by atoms with Crippen molar-refractivity contribution in [1.82, 2.24) is 9.13 Å². The summed E-state index contributed by atoms with van der Waals surface area (Å²) in [4.78, 5) is 27.6. The van der Waals surface area contributed by atoms with Crippen molar-refractivity contribution in [3.63, 3.8) is 0 Å². The van der Waals surface area contributed by atoms with Gasteiger partial charge in [0.05, 0.1) is 30.9 Å². The van der Waals surface area contributed by atoms with Crippen molar-refractivity contribution in [2.45, 2.75) is 51.6 Å². The Morgan fingerprint density at radius 1 is 0.907 bits per heavy atom. The van der Waals surface area contributed by atoms with E-state index in [1.807, 2.05) is 0 Å². The van der Waals surface area contributed by atoms with E-state index >= 15 is 4.39 Å². The third kappa shape index (κ3) is 6.41. The van der Waals surface area contributed by atoms with Crippen LogP contribution in [0.4, 0.5) is 22.0 Å². The largest absolute Gasteiger partial charge is 0.487 e. The Kier molecular flexibility index (Phi) is 8.82. The van der Waals surface area contributed by atoms with Gasteiger partial charge >= 0.3 is 11.9 Å². The number of aromatic nitrogens is 2. The molecule has 6 nitrogen and oxygen atoms in total. The predicted octanol–water partition coefficient (Wildman–Crippen LogP) is 6.13. The Morgan fingerprint density at radius 2 is 1.60 bits per heavy atom. The summed E-state index contributed by atoms with van der Waals surface area (Å²) in [7, 11) is 0. The monoisotopic (exact) mass is 600 g/mol. The zero-order chi connectivity index (χ0) is 30.7. The van der Waals surface area contributed by atoms with Gasteiger partial charge in [0, 0.05) is 36.2 Å². The number of rotatable bonds is 8. The fourth-order valence-corrected chi connectivity index (χ4v) is 5.29. The number of alkyl halides is 3. The smallest absolute Gasteiger partial charge is 0.416 e. The fourth-order valence-electron chi connectivity index (χ4n) is 5.29. The van der Waals surface area contributed by atoms with Crippen LogP contribution in [0.5, 0.6) is 5.75 Å². The van der Waals surface area contributed by atoms with Crippen LogP contribution < -0.4 is 16.0 Å². The van der Waals surface area contributed by atoms with Crippen LogP contribution in [-0.4, -0.2) is 28.5 Å². The van der Waals surface area contributed by atoms with E-state index in [-0.39, 0.29) is 41.6 Å². The molecule has 226 valence electrons. The second kappa shape index (κ2) is 12.5. The van der Waals surface area contributed by atoms with Crippen LogP contribution in [0.2, 0.25) is 0 Å². The maximum absolute atomic E-state index is 16.0. The third-order valence-electron chi connectivity index (χ3n) is 7.59. The second-order valence-corrected chi connectivity index (χ2v) is 10.3. The zero-order valence-electron chi connectivity index (χ0n) is 23.3. The highest BCUT2D eigenvalue weighted by Crippen LogP contribution is 2.34. The van der Waals surface area contributed by atoms with Crippen molar-refractivity contribution in [2.24, 2.45) is 0 Å². The quantitative estimate of drug-likeness (QED) is 0.228. The van der Waals surface area contributed by atoms with Gasteiger partial charge < -0.3 is 9.47 Å². The first-order valence-electron chi connectivity index (χ1n) is 13.8. The summed E-state index contributed by atoms with van der Waals surface area (Å²) in [6.45, 7) is 1.28. The molecule has 1 aliphatic heterocycles. The lowest BCUT2D eigenvalue weighted by atomic mass is 10.0. The lowest BCUT2D eigenvalue weighted by Gasteiger charge is -2.24. The van der Waals surface area contributed by atoms with Gasteiger partial charge in [0.15, 0.2) is 11.6 Å². The van der Waals surface area contributed by atoms with E-state index in [0.29, 0.717) is 26.1 Å². The number of hydrogen-bond donors (Lipinski definition) is 0. The van der Waals surface area contributed by atoms with Crippen LogP contribution in [0.25, 0.3) is 11.1 Å². The molecule has 43 heavy (non-hydrogen) atoms. The van der Waals surface area contributed by atoms with Crippen molar-refractivity contribution in [3.05, 3.63) is 122 Å². The number of benzene rings is 3. The molecule has 0 spiro atoms. The molecule has 5 rings (SSSR count). The van der Waals surface area contributed by atoms with Crippen molar-refractivity contribution < 1.29 is 31.4 Å². The first-order chi connectivity index (χ1) is 20.6. The lowest BCUT2D eigenvalue weighted by molar-refractivity contribution is -0.138. The highest BCUT2D eigenvalue weighted by molar-refractivity contribution is 5.67. The number of halogens is 5. The Bertz CT molecular complexity index is 1730. The molecule has 0 radical (unpaired) electrons. The average Bonchev–Trinajstić information content (AvgIpc) is 2.98. The second-order valence-electron chi connectivity index (χ2n) is 10.3. The van der Waals surface area contributed by atoms with Crippen molar-refractivity contribution in [3.8, 4) is 16.9 Å². The number of aryl methyl sites for hydroxylation is 1. The molecule has 3 aromatic carbocycles. The van der Waals surface area contributed by atoms with E-state index in [9.17, 15) is 27.2 Å². The standard InChI is InChI=1S/C32H29F5N2O4/c1-20-28(23-9-5-12-27(29(23)34)43-22-14-17-42-18-15-22)30(40)38(16-13-21-7-3-2-4-8-21)31(41)39(20)19-24-25(32(35,36)37)10-6-11-26(24)33/h2-12,22H,13-19H2,1H3. The van der Waals surface area contributed by atoms with Gasteiger partial charge in [-0.15, -0.1) is 0 Å². The minimum Gasteiger partial charge on any atom is -0.487 e. The van der Waals surface area contributed by atoms with E-state index in [1.165, 1.54) is 25.1 Å². The molecule has 11 heteroatoms. The van der Waals surface area contributed by atoms with Crippen LogP contribution in [0.1, 0.15) is 35.2 Å². The Balaban J connectivity index is 1.67. The summed E-state index contributed by atoms with van der Waals surface area (Å²) in [6, 6.07) is 15.7. The molecule has 0 aliphatic carbocycles. The number of nitrogens with zero attached hydrogens (tertiary/aromatic N) is 2. The summed E-state index contributed by atoms with van der Waals surface area (Å²) < 4.78 is 85.3. The van der Waals surface area contributed by atoms with Crippen LogP contribution in [0.15, 0.2) is 76.3 Å². The van der Waals surface area contributed by atoms with E-state index in [4.69, 9.17) is 9.47 Å². The SMILES string of the molecule is Cc1c(-c2cccc(OC3CCOCC3)c2F)c(=O)n(CCc2ccccc2)c(=O)n1Cc1c(F)cccc1C(F)(F)F.